The van der Waals surface area contributed by atoms with Crippen molar-refractivity contribution in [3.8, 4) is 0 Å². The molecule has 6 atom stereocenters. The minimum Gasteiger partial charge on any atom is -0.462 e. The van der Waals surface area contributed by atoms with Crippen LogP contribution in [0.25, 0.3) is 0 Å². The predicted octanol–water partition coefficient (Wildman–Crippen LogP) is 16.1. The standard InChI is InChI=1S/C60H116O17P2/c1-7-10-12-14-16-18-19-20-21-23-32-38-44-59(64)76-55(49-71-58(63)43-37-31-27-25-29-35-41-53(6)9-3)50-74-78(66,67)72-46-54(61)47-73-79(68,69)75-51-56(48-70-57(62)42-36-30-22-17-15-13-11-8-2)77-60(65)45-39-33-26-24-28-34-40-52(4)5/h52-56,61H,7-51H2,1-6H3,(H,66,67)(H,68,69)/t53?,54-,55-,56-/m1/s1. The van der Waals surface area contributed by atoms with E-state index in [1.165, 1.54) is 96.3 Å². The number of hydrogen-bond acceptors (Lipinski definition) is 15. The lowest BCUT2D eigenvalue weighted by Crippen LogP contribution is -2.30. The Morgan fingerprint density at radius 3 is 0.962 bits per heavy atom. The average Bonchev–Trinajstić information content (AvgIpc) is 3.41. The molecule has 3 N–H and O–H groups in total. The first-order valence-electron chi connectivity index (χ1n) is 31.5. The second kappa shape index (κ2) is 52.8. The molecule has 17 nitrogen and oxygen atoms in total. The highest BCUT2D eigenvalue weighted by Gasteiger charge is 2.30. The summed E-state index contributed by atoms with van der Waals surface area (Å²) in [6.07, 6.45) is 33.6. The summed E-state index contributed by atoms with van der Waals surface area (Å²) < 4.78 is 67.7. The van der Waals surface area contributed by atoms with Gasteiger partial charge >= 0.3 is 39.5 Å². The average molecular weight is 1170 g/mol. The number of aliphatic hydroxyl groups excluding tert-OH is 1. The Morgan fingerprint density at radius 2 is 0.646 bits per heavy atom. The number of aliphatic hydroxyl groups is 1. The van der Waals surface area contributed by atoms with Gasteiger partial charge in [-0.05, 0) is 37.5 Å². The summed E-state index contributed by atoms with van der Waals surface area (Å²) in [7, 11) is -9.87. The molecular formula is C60H116O17P2. The molecule has 0 rings (SSSR count). The third kappa shape index (κ3) is 53.8. The molecule has 0 saturated carbocycles. The van der Waals surface area contributed by atoms with E-state index < -0.39 is 97.5 Å². The van der Waals surface area contributed by atoms with Crippen LogP contribution in [0.15, 0.2) is 0 Å². The van der Waals surface area contributed by atoms with E-state index >= 15 is 0 Å². The number of ether oxygens (including phenoxy) is 4. The zero-order chi connectivity index (χ0) is 58.7. The molecule has 0 fully saturated rings. The van der Waals surface area contributed by atoms with Gasteiger partial charge in [-0.2, -0.15) is 0 Å². The molecule has 0 saturated heterocycles. The quantitative estimate of drug-likeness (QED) is 0.0222. The first-order valence-corrected chi connectivity index (χ1v) is 34.5. The van der Waals surface area contributed by atoms with Crippen molar-refractivity contribution in [1.29, 1.82) is 0 Å². The molecule has 79 heavy (non-hydrogen) atoms. The van der Waals surface area contributed by atoms with Crippen LogP contribution in [-0.2, 0) is 65.4 Å². The van der Waals surface area contributed by atoms with Gasteiger partial charge in [0.1, 0.15) is 19.3 Å². The normalized spacial score (nSPS) is 14.8. The van der Waals surface area contributed by atoms with Crippen LogP contribution in [0.3, 0.4) is 0 Å². The molecule has 0 aliphatic rings. The van der Waals surface area contributed by atoms with Crippen LogP contribution >= 0.6 is 15.6 Å². The number of rotatable bonds is 59. The fourth-order valence-electron chi connectivity index (χ4n) is 8.79. The van der Waals surface area contributed by atoms with E-state index in [1.54, 1.807) is 0 Å². The van der Waals surface area contributed by atoms with E-state index in [9.17, 15) is 43.2 Å². The van der Waals surface area contributed by atoms with Crippen molar-refractivity contribution in [3.05, 3.63) is 0 Å². The Labute approximate surface area is 479 Å². The zero-order valence-corrected chi connectivity index (χ0v) is 52.4. The number of carbonyl (C=O) groups excluding carboxylic acids is 4. The minimum absolute atomic E-state index is 0.102. The number of esters is 4. The van der Waals surface area contributed by atoms with Gasteiger partial charge in [0.15, 0.2) is 12.2 Å². The van der Waals surface area contributed by atoms with Crippen LogP contribution in [0.4, 0.5) is 0 Å². The van der Waals surface area contributed by atoms with Gasteiger partial charge in [0, 0.05) is 25.7 Å². The summed E-state index contributed by atoms with van der Waals surface area (Å²) >= 11 is 0. The molecule has 468 valence electrons. The van der Waals surface area contributed by atoms with Gasteiger partial charge in [-0.1, -0.05) is 241 Å². The topological polar surface area (TPSA) is 237 Å². The molecule has 0 aliphatic carbocycles. The second-order valence-corrected chi connectivity index (χ2v) is 25.4. The van der Waals surface area contributed by atoms with Gasteiger partial charge in [0.05, 0.1) is 26.4 Å². The molecule has 0 aromatic rings. The van der Waals surface area contributed by atoms with Gasteiger partial charge in [0.25, 0.3) is 0 Å². The number of phosphoric ester groups is 2. The Bertz CT molecular complexity index is 1570. The fourth-order valence-corrected chi connectivity index (χ4v) is 10.4. The summed E-state index contributed by atoms with van der Waals surface area (Å²) in [5, 5.41) is 10.5. The minimum atomic E-state index is -4.94. The summed E-state index contributed by atoms with van der Waals surface area (Å²) in [6.45, 7) is 9.30. The molecule has 19 heteroatoms. The number of unbranched alkanes of at least 4 members (excludes halogenated alkanes) is 28. The van der Waals surface area contributed by atoms with Crippen LogP contribution in [0.1, 0.15) is 292 Å². The molecule has 0 radical (unpaired) electrons. The van der Waals surface area contributed by atoms with Gasteiger partial charge in [-0.25, -0.2) is 9.13 Å². The summed E-state index contributed by atoms with van der Waals surface area (Å²) in [4.78, 5) is 71.9. The Morgan fingerprint density at radius 1 is 0.367 bits per heavy atom. The maximum atomic E-state index is 12.9. The summed E-state index contributed by atoms with van der Waals surface area (Å²) in [6, 6.07) is 0. The molecule has 0 aromatic carbocycles. The van der Waals surface area contributed by atoms with Crippen molar-refractivity contribution >= 4 is 39.5 Å². The molecule has 0 amide bonds. The van der Waals surface area contributed by atoms with Gasteiger partial charge in [-0.3, -0.25) is 37.3 Å². The van der Waals surface area contributed by atoms with Crippen LogP contribution in [-0.4, -0.2) is 96.7 Å². The third-order valence-corrected chi connectivity index (χ3v) is 16.0. The van der Waals surface area contributed by atoms with E-state index in [2.05, 4.69) is 41.5 Å². The molecule has 0 bridgehead atoms. The predicted molar refractivity (Wildman–Crippen MR) is 312 cm³/mol. The zero-order valence-electron chi connectivity index (χ0n) is 50.7. The Balaban J connectivity index is 5.23. The molecule has 0 spiro atoms. The summed E-state index contributed by atoms with van der Waals surface area (Å²) in [5.74, 6) is -0.745. The van der Waals surface area contributed by atoms with E-state index in [-0.39, 0.29) is 25.7 Å². The molecule has 3 unspecified atom stereocenters. The lowest BCUT2D eigenvalue weighted by Gasteiger charge is -2.21. The van der Waals surface area contributed by atoms with Crippen molar-refractivity contribution in [1.82, 2.24) is 0 Å². The second-order valence-electron chi connectivity index (χ2n) is 22.5. The molecule has 0 aromatic heterocycles. The smallest absolute Gasteiger partial charge is 0.462 e. The highest BCUT2D eigenvalue weighted by atomic mass is 31.2. The number of carbonyl (C=O) groups is 4. The van der Waals surface area contributed by atoms with Crippen molar-refractivity contribution in [2.45, 2.75) is 310 Å². The van der Waals surface area contributed by atoms with Crippen LogP contribution in [0, 0.1) is 11.8 Å². The largest absolute Gasteiger partial charge is 0.472 e. The highest BCUT2D eigenvalue weighted by Crippen LogP contribution is 2.45. The summed E-state index contributed by atoms with van der Waals surface area (Å²) in [5.41, 5.74) is 0. The van der Waals surface area contributed by atoms with Gasteiger partial charge < -0.3 is 33.8 Å². The lowest BCUT2D eigenvalue weighted by atomic mass is 10.00. The Kier molecular flexibility index (Phi) is 51.5. The first kappa shape index (κ1) is 77.1. The molecular weight excluding hydrogens is 1050 g/mol. The van der Waals surface area contributed by atoms with Gasteiger partial charge in [-0.15, -0.1) is 0 Å². The monoisotopic (exact) mass is 1170 g/mol. The first-order chi connectivity index (χ1) is 37.9. The Hall–Kier alpha value is -1.94. The molecule has 0 aliphatic heterocycles. The van der Waals surface area contributed by atoms with Crippen molar-refractivity contribution in [2.24, 2.45) is 11.8 Å². The van der Waals surface area contributed by atoms with E-state index in [0.29, 0.717) is 31.6 Å². The van der Waals surface area contributed by atoms with E-state index in [0.717, 1.165) is 109 Å². The van der Waals surface area contributed by atoms with Crippen LogP contribution in [0.2, 0.25) is 0 Å². The van der Waals surface area contributed by atoms with Crippen LogP contribution in [0.5, 0.6) is 0 Å². The number of phosphoric acid groups is 2. The number of hydrogen-bond donors (Lipinski definition) is 3. The maximum absolute atomic E-state index is 12.9. The SMILES string of the molecule is CCCCCCCCCCCCCCC(=O)O[C@H](COC(=O)CCCCCCCCC(C)CC)COP(=O)(O)OC[C@@H](O)COP(=O)(O)OC[C@@H](COC(=O)CCCCCCCCCC)OC(=O)CCCCCCCCC(C)C. The van der Waals surface area contributed by atoms with E-state index in [4.69, 9.17) is 37.0 Å². The highest BCUT2D eigenvalue weighted by molar-refractivity contribution is 7.47. The van der Waals surface area contributed by atoms with Crippen molar-refractivity contribution in [3.63, 3.8) is 0 Å². The van der Waals surface area contributed by atoms with Crippen LogP contribution < -0.4 is 0 Å². The molecule has 0 heterocycles. The van der Waals surface area contributed by atoms with Crippen molar-refractivity contribution < 1.29 is 80.2 Å². The fraction of sp³-hybridized carbons (Fsp3) is 0.933. The van der Waals surface area contributed by atoms with E-state index in [1.807, 2.05) is 0 Å². The lowest BCUT2D eigenvalue weighted by molar-refractivity contribution is -0.161. The maximum Gasteiger partial charge on any atom is 0.472 e. The third-order valence-electron chi connectivity index (χ3n) is 14.1. The van der Waals surface area contributed by atoms with Crippen molar-refractivity contribution in [2.75, 3.05) is 39.6 Å². The van der Waals surface area contributed by atoms with Gasteiger partial charge in [0.2, 0.25) is 0 Å².